The molecule has 1 N–H and O–H groups in total. The van der Waals surface area contributed by atoms with Gasteiger partial charge in [-0.2, -0.15) is 0 Å². The number of methoxy groups -OCH3 is 3. The predicted molar refractivity (Wildman–Crippen MR) is 151 cm³/mol. The molecule has 0 radical (unpaired) electrons. The van der Waals surface area contributed by atoms with Crippen molar-refractivity contribution in [1.29, 1.82) is 0 Å². The van der Waals surface area contributed by atoms with Crippen LogP contribution in [0.15, 0.2) is 12.1 Å². The highest BCUT2D eigenvalue weighted by atomic mass is 16.6. The number of carbonyl (C=O) groups is 2. The zero-order valence-electron chi connectivity index (χ0n) is 24.8. The summed E-state index contributed by atoms with van der Waals surface area (Å²) in [7, 11) is 4.77. The number of alkyl carbamates (subject to hydrolysis) is 1. The Morgan fingerprint density at radius 1 is 0.974 bits per heavy atom. The Balaban J connectivity index is 1.79. The first-order valence-electron chi connectivity index (χ1n) is 13.9. The minimum Gasteiger partial charge on any atom is -0.493 e. The minimum absolute atomic E-state index is 0.0208. The lowest BCUT2D eigenvalue weighted by Crippen LogP contribution is -2.36. The molecule has 0 aliphatic carbocycles. The largest absolute Gasteiger partial charge is 0.493 e. The van der Waals surface area contributed by atoms with Gasteiger partial charge in [-0.1, -0.05) is 0 Å². The highest BCUT2D eigenvalue weighted by molar-refractivity contribution is 5.67. The van der Waals surface area contributed by atoms with Gasteiger partial charge in [-0.3, -0.25) is 0 Å². The standard InChI is InChI=1S/C29H49N3O7/c1-29(2,3)39-28(34)30-12-8-13-31-14-9-15-32(18-17-31)16-11-24(10-7-19-33)38-22-23-20-25(35-4)27(37-6)26(21-23)36-5/h19-21,24H,7-18,22H2,1-6H3,(H,30,34)/t24-/m1/s1. The van der Waals surface area contributed by atoms with E-state index in [0.717, 1.165) is 70.4 Å². The van der Waals surface area contributed by atoms with E-state index in [0.29, 0.717) is 43.2 Å². The van der Waals surface area contributed by atoms with Crippen LogP contribution in [-0.2, 0) is 20.9 Å². The molecule has 10 nitrogen and oxygen atoms in total. The molecule has 0 bridgehead atoms. The molecule has 0 aromatic heterocycles. The summed E-state index contributed by atoms with van der Waals surface area (Å²) in [6.45, 7) is 12.5. The maximum atomic E-state index is 11.8. The molecule has 39 heavy (non-hydrogen) atoms. The van der Waals surface area contributed by atoms with E-state index in [9.17, 15) is 9.59 Å². The van der Waals surface area contributed by atoms with E-state index in [1.54, 1.807) is 21.3 Å². The molecule has 1 atom stereocenters. The van der Waals surface area contributed by atoms with Gasteiger partial charge in [0.25, 0.3) is 0 Å². The van der Waals surface area contributed by atoms with Gasteiger partial charge in [0.2, 0.25) is 5.75 Å². The van der Waals surface area contributed by atoms with Gasteiger partial charge in [-0.15, -0.1) is 0 Å². The highest BCUT2D eigenvalue weighted by Crippen LogP contribution is 2.38. The number of carbonyl (C=O) groups excluding carboxylic acids is 2. The van der Waals surface area contributed by atoms with E-state index in [-0.39, 0.29) is 12.2 Å². The molecule has 1 heterocycles. The first-order chi connectivity index (χ1) is 18.7. The first kappa shape index (κ1) is 32.7. The van der Waals surface area contributed by atoms with Crippen molar-refractivity contribution >= 4 is 12.4 Å². The van der Waals surface area contributed by atoms with Gasteiger partial charge in [0.05, 0.1) is 34.0 Å². The molecule has 1 aromatic rings. The van der Waals surface area contributed by atoms with Gasteiger partial charge in [0.15, 0.2) is 11.5 Å². The predicted octanol–water partition coefficient (Wildman–Crippen LogP) is 3.89. The second-order valence-electron chi connectivity index (χ2n) is 10.8. The molecule has 1 fully saturated rings. The fourth-order valence-electron chi connectivity index (χ4n) is 4.60. The van der Waals surface area contributed by atoms with Crippen LogP contribution in [0, 0.1) is 0 Å². The van der Waals surface area contributed by atoms with Crippen LogP contribution in [0.25, 0.3) is 0 Å². The second-order valence-corrected chi connectivity index (χ2v) is 10.8. The Morgan fingerprint density at radius 3 is 2.18 bits per heavy atom. The van der Waals surface area contributed by atoms with Crippen molar-refractivity contribution in [3.8, 4) is 17.2 Å². The van der Waals surface area contributed by atoms with Crippen LogP contribution in [0.3, 0.4) is 0 Å². The van der Waals surface area contributed by atoms with Crippen LogP contribution in [-0.4, -0.2) is 101 Å². The van der Waals surface area contributed by atoms with Gasteiger partial charge in [0, 0.05) is 32.6 Å². The molecule has 10 heteroatoms. The molecule has 0 saturated carbocycles. The zero-order valence-corrected chi connectivity index (χ0v) is 24.8. The molecule has 222 valence electrons. The maximum Gasteiger partial charge on any atom is 0.407 e. The molecule has 1 aliphatic rings. The monoisotopic (exact) mass is 551 g/mol. The third kappa shape index (κ3) is 12.4. The van der Waals surface area contributed by atoms with Crippen LogP contribution in [0.2, 0.25) is 0 Å². The molecule has 1 aliphatic heterocycles. The van der Waals surface area contributed by atoms with Crippen molar-refractivity contribution in [3.63, 3.8) is 0 Å². The van der Waals surface area contributed by atoms with Crippen molar-refractivity contribution in [3.05, 3.63) is 17.7 Å². The number of ether oxygens (including phenoxy) is 5. The number of hydrogen-bond acceptors (Lipinski definition) is 9. The lowest BCUT2D eigenvalue weighted by Gasteiger charge is -2.24. The summed E-state index contributed by atoms with van der Waals surface area (Å²) >= 11 is 0. The number of aldehydes is 1. The fourth-order valence-corrected chi connectivity index (χ4v) is 4.60. The van der Waals surface area contributed by atoms with Crippen LogP contribution < -0.4 is 19.5 Å². The van der Waals surface area contributed by atoms with Crippen LogP contribution in [0.5, 0.6) is 17.2 Å². The fraction of sp³-hybridized carbons (Fsp3) is 0.724. The highest BCUT2D eigenvalue weighted by Gasteiger charge is 2.19. The van der Waals surface area contributed by atoms with E-state index < -0.39 is 5.60 Å². The Kier molecular flexibility index (Phi) is 14.4. The molecular weight excluding hydrogens is 502 g/mol. The number of nitrogens with one attached hydrogen (secondary N) is 1. The summed E-state index contributed by atoms with van der Waals surface area (Å²) in [4.78, 5) is 27.8. The van der Waals surface area contributed by atoms with Crippen molar-refractivity contribution in [2.24, 2.45) is 0 Å². The zero-order chi connectivity index (χ0) is 28.7. The lowest BCUT2D eigenvalue weighted by atomic mass is 10.1. The number of hydrogen-bond donors (Lipinski definition) is 1. The summed E-state index contributed by atoms with van der Waals surface area (Å²) in [6.07, 6.45) is 4.60. The Hall–Kier alpha value is -2.56. The van der Waals surface area contributed by atoms with E-state index in [1.165, 1.54) is 0 Å². The van der Waals surface area contributed by atoms with Crippen molar-refractivity contribution < 1.29 is 33.3 Å². The van der Waals surface area contributed by atoms with Crippen molar-refractivity contribution in [2.45, 2.75) is 71.2 Å². The molecule has 1 amide bonds. The van der Waals surface area contributed by atoms with Gasteiger partial charge in [-0.05, 0) is 83.8 Å². The molecule has 0 spiro atoms. The minimum atomic E-state index is -0.480. The average Bonchev–Trinajstić information content (AvgIpc) is 3.14. The summed E-state index contributed by atoms with van der Waals surface area (Å²) in [5.74, 6) is 1.74. The second kappa shape index (κ2) is 17.2. The third-order valence-corrected chi connectivity index (χ3v) is 6.58. The first-order valence-corrected chi connectivity index (χ1v) is 13.9. The summed E-state index contributed by atoms with van der Waals surface area (Å²) in [6, 6.07) is 3.79. The number of rotatable bonds is 16. The summed E-state index contributed by atoms with van der Waals surface area (Å²) in [5.41, 5.74) is 0.444. The van der Waals surface area contributed by atoms with E-state index in [2.05, 4.69) is 15.1 Å². The number of amides is 1. The Labute approximate surface area is 234 Å². The van der Waals surface area contributed by atoms with Crippen molar-refractivity contribution in [2.75, 3.05) is 67.1 Å². The number of benzene rings is 1. The van der Waals surface area contributed by atoms with Crippen molar-refractivity contribution in [1.82, 2.24) is 15.1 Å². The smallest absolute Gasteiger partial charge is 0.407 e. The maximum absolute atomic E-state index is 11.8. The van der Waals surface area contributed by atoms with E-state index >= 15 is 0 Å². The molecule has 0 unspecified atom stereocenters. The quantitative estimate of drug-likeness (QED) is 0.242. The average molecular weight is 552 g/mol. The Bertz CT molecular complexity index is 850. The molecule has 1 aromatic carbocycles. The topological polar surface area (TPSA) is 98.8 Å². The van der Waals surface area contributed by atoms with Crippen LogP contribution in [0.1, 0.15) is 58.4 Å². The summed E-state index contributed by atoms with van der Waals surface area (Å²) < 4.78 is 27.9. The third-order valence-electron chi connectivity index (χ3n) is 6.58. The van der Waals surface area contributed by atoms with Gasteiger partial charge in [0.1, 0.15) is 11.9 Å². The van der Waals surface area contributed by atoms with Crippen LogP contribution in [0.4, 0.5) is 4.79 Å². The van der Waals surface area contributed by atoms with Gasteiger partial charge in [-0.25, -0.2) is 4.79 Å². The normalized spacial score (nSPS) is 15.7. The lowest BCUT2D eigenvalue weighted by molar-refractivity contribution is -0.108. The molecular formula is C29H49N3O7. The number of nitrogens with zero attached hydrogens (tertiary/aromatic N) is 2. The van der Waals surface area contributed by atoms with Gasteiger partial charge >= 0.3 is 6.09 Å². The molecule has 2 rings (SSSR count). The summed E-state index contributed by atoms with van der Waals surface area (Å²) in [5, 5.41) is 2.84. The SMILES string of the molecule is COc1cc(CO[C@H](CCC=O)CCN2CCCN(CCCNC(=O)OC(C)(C)C)CC2)cc(OC)c1OC. The Morgan fingerprint density at radius 2 is 1.62 bits per heavy atom. The van der Waals surface area contributed by atoms with Crippen LogP contribution >= 0.6 is 0 Å². The molecule has 1 saturated heterocycles. The van der Waals surface area contributed by atoms with E-state index in [1.807, 2.05) is 32.9 Å². The van der Waals surface area contributed by atoms with E-state index in [4.69, 9.17) is 23.7 Å². The van der Waals surface area contributed by atoms with Gasteiger partial charge < -0.3 is 43.6 Å².